The number of hydrogen-bond donors (Lipinski definition) is 1. The van der Waals surface area contributed by atoms with Gasteiger partial charge in [0.25, 0.3) is 0 Å². The summed E-state index contributed by atoms with van der Waals surface area (Å²) in [5.74, 6) is 0. The monoisotopic (exact) mass is 237 g/mol. The summed E-state index contributed by atoms with van der Waals surface area (Å²) in [6.45, 7) is 8.50. The Labute approximate surface area is 101 Å². The molecule has 1 aromatic heterocycles. The average Bonchev–Trinajstić information content (AvgIpc) is 2.71. The van der Waals surface area contributed by atoms with Gasteiger partial charge in [0.1, 0.15) is 0 Å². The lowest BCUT2D eigenvalue weighted by atomic mass is 10.1. The number of rotatable bonds is 3. The van der Waals surface area contributed by atoms with E-state index in [0.717, 1.165) is 12.6 Å². The van der Waals surface area contributed by atoms with Crippen molar-refractivity contribution in [2.24, 2.45) is 0 Å². The lowest BCUT2D eigenvalue weighted by Gasteiger charge is -2.43. The van der Waals surface area contributed by atoms with Crippen molar-refractivity contribution in [3.63, 3.8) is 0 Å². The third kappa shape index (κ3) is 2.30. The molecule has 0 amide bonds. The molecule has 3 nitrogen and oxygen atoms in total. The first-order valence-electron chi connectivity index (χ1n) is 6.11. The molecule has 0 spiro atoms. The predicted octanol–water partition coefficient (Wildman–Crippen LogP) is 0.837. The van der Waals surface area contributed by atoms with E-state index in [9.17, 15) is 0 Å². The molecule has 2 saturated heterocycles. The minimum atomic E-state index is 0.823. The van der Waals surface area contributed by atoms with Crippen LogP contribution in [0, 0.1) is 0 Å². The predicted molar refractivity (Wildman–Crippen MR) is 67.8 cm³/mol. The highest BCUT2D eigenvalue weighted by Gasteiger charge is 2.27. The van der Waals surface area contributed by atoms with Crippen molar-refractivity contribution in [1.82, 2.24) is 15.1 Å². The molecule has 1 N–H and O–H groups in total. The standard InChI is InChI=1S/C12H19N3S/c1-2-12(16-7-1)10-14-3-5-15(6-4-14)11-8-13-9-11/h1-2,7,11,13H,3-6,8-10H2. The van der Waals surface area contributed by atoms with Crippen molar-refractivity contribution < 1.29 is 0 Å². The molecule has 4 heteroatoms. The van der Waals surface area contributed by atoms with Crippen LogP contribution in [-0.2, 0) is 6.54 Å². The highest BCUT2D eigenvalue weighted by atomic mass is 32.1. The van der Waals surface area contributed by atoms with Gasteiger partial charge in [-0.2, -0.15) is 0 Å². The first kappa shape index (κ1) is 10.7. The Balaban J connectivity index is 1.47. The Morgan fingerprint density at radius 3 is 2.62 bits per heavy atom. The zero-order chi connectivity index (χ0) is 10.8. The summed E-state index contributed by atoms with van der Waals surface area (Å²) in [6.07, 6.45) is 0. The summed E-state index contributed by atoms with van der Waals surface area (Å²) < 4.78 is 0. The number of piperazine rings is 1. The molecule has 0 radical (unpaired) electrons. The first-order chi connectivity index (χ1) is 7.92. The molecular formula is C12H19N3S. The van der Waals surface area contributed by atoms with E-state index in [2.05, 4.69) is 32.6 Å². The van der Waals surface area contributed by atoms with Gasteiger partial charge in [-0.3, -0.25) is 9.80 Å². The summed E-state index contributed by atoms with van der Waals surface area (Å²) >= 11 is 1.87. The maximum Gasteiger partial charge on any atom is 0.0346 e. The van der Waals surface area contributed by atoms with Crippen LogP contribution < -0.4 is 5.32 Å². The lowest BCUT2D eigenvalue weighted by molar-refractivity contribution is 0.0700. The van der Waals surface area contributed by atoms with Crippen LogP contribution in [-0.4, -0.2) is 55.1 Å². The average molecular weight is 237 g/mol. The van der Waals surface area contributed by atoms with Crippen molar-refractivity contribution in [2.45, 2.75) is 12.6 Å². The van der Waals surface area contributed by atoms with Gasteiger partial charge in [-0.05, 0) is 11.4 Å². The van der Waals surface area contributed by atoms with Gasteiger partial charge >= 0.3 is 0 Å². The summed E-state index contributed by atoms with van der Waals surface area (Å²) in [5, 5.41) is 5.52. The molecule has 0 atom stereocenters. The van der Waals surface area contributed by atoms with Gasteiger partial charge in [-0.1, -0.05) is 6.07 Å². The normalized spacial score (nSPS) is 24.5. The molecule has 0 aromatic carbocycles. The summed E-state index contributed by atoms with van der Waals surface area (Å²) in [7, 11) is 0. The molecule has 0 saturated carbocycles. The maximum atomic E-state index is 3.35. The van der Waals surface area contributed by atoms with Crippen molar-refractivity contribution >= 4 is 11.3 Å². The van der Waals surface area contributed by atoms with Crippen molar-refractivity contribution in [1.29, 1.82) is 0 Å². The van der Waals surface area contributed by atoms with Crippen LogP contribution in [0.15, 0.2) is 17.5 Å². The molecule has 2 fully saturated rings. The van der Waals surface area contributed by atoms with E-state index in [1.807, 2.05) is 11.3 Å². The fourth-order valence-corrected chi connectivity index (χ4v) is 3.19. The molecule has 0 bridgehead atoms. The molecule has 0 unspecified atom stereocenters. The highest BCUT2D eigenvalue weighted by Crippen LogP contribution is 2.15. The third-order valence-corrected chi connectivity index (χ3v) is 4.50. The Morgan fingerprint density at radius 2 is 2.06 bits per heavy atom. The number of nitrogens with one attached hydrogen (secondary N) is 1. The minimum Gasteiger partial charge on any atom is -0.314 e. The SMILES string of the molecule is c1csc(CN2CCN(C3CNC3)CC2)c1. The Kier molecular flexibility index (Phi) is 3.24. The van der Waals surface area contributed by atoms with Gasteiger partial charge in [0, 0.05) is 56.7 Å². The van der Waals surface area contributed by atoms with Gasteiger partial charge in [0.15, 0.2) is 0 Å². The summed E-state index contributed by atoms with van der Waals surface area (Å²) in [4.78, 5) is 6.72. The van der Waals surface area contributed by atoms with Crippen LogP contribution in [0.2, 0.25) is 0 Å². The van der Waals surface area contributed by atoms with Crippen LogP contribution in [0.5, 0.6) is 0 Å². The lowest BCUT2D eigenvalue weighted by Crippen LogP contribution is -2.61. The molecule has 88 valence electrons. The smallest absolute Gasteiger partial charge is 0.0346 e. The second-order valence-corrected chi connectivity index (χ2v) is 5.74. The maximum absolute atomic E-state index is 3.35. The van der Waals surface area contributed by atoms with Crippen LogP contribution in [0.3, 0.4) is 0 Å². The molecule has 2 aliphatic rings. The number of thiophene rings is 1. The fraction of sp³-hybridized carbons (Fsp3) is 0.667. The third-order valence-electron chi connectivity index (χ3n) is 3.64. The van der Waals surface area contributed by atoms with Gasteiger partial charge in [-0.25, -0.2) is 0 Å². The quantitative estimate of drug-likeness (QED) is 0.840. The molecule has 0 aliphatic carbocycles. The zero-order valence-corrected chi connectivity index (χ0v) is 10.4. The van der Waals surface area contributed by atoms with Gasteiger partial charge < -0.3 is 5.32 Å². The molecular weight excluding hydrogens is 218 g/mol. The van der Waals surface area contributed by atoms with Crippen LogP contribution in [0.4, 0.5) is 0 Å². The topological polar surface area (TPSA) is 18.5 Å². The number of hydrogen-bond acceptors (Lipinski definition) is 4. The second-order valence-electron chi connectivity index (χ2n) is 4.70. The fourth-order valence-electron chi connectivity index (χ4n) is 2.44. The zero-order valence-electron chi connectivity index (χ0n) is 9.56. The van der Waals surface area contributed by atoms with Crippen LogP contribution >= 0.6 is 11.3 Å². The summed E-state index contributed by atoms with van der Waals surface area (Å²) in [6, 6.07) is 5.22. The first-order valence-corrected chi connectivity index (χ1v) is 6.99. The molecule has 3 heterocycles. The van der Waals surface area contributed by atoms with E-state index in [1.54, 1.807) is 0 Å². The van der Waals surface area contributed by atoms with E-state index in [4.69, 9.17) is 0 Å². The summed E-state index contributed by atoms with van der Waals surface area (Å²) in [5.41, 5.74) is 0. The van der Waals surface area contributed by atoms with Gasteiger partial charge in [-0.15, -0.1) is 11.3 Å². The van der Waals surface area contributed by atoms with Crippen molar-refractivity contribution in [2.75, 3.05) is 39.3 Å². The number of nitrogens with zero attached hydrogens (tertiary/aromatic N) is 2. The van der Waals surface area contributed by atoms with E-state index in [1.165, 1.54) is 44.1 Å². The largest absolute Gasteiger partial charge is 0.314 e. The van der Waals surface area contributed by atoms with Gasteiger partial charge in [0.05, 0.1) is 0 Å². The highest BCUT2D eigenvalue weighted by molar-refractivity contribution is 7.09. The van der Waals surface area contributed by atoms with Crippen molar-refractivity contribution in [3.8, 4) is 0 Å². The van der Waals surface area contributed by atoms with Crippen LogP contribution in [0.25, 0.3) is 0 Å². The van der Waals surface area contributed by atoms with E-state index in [0.29, 0.717) is 0 Å². The Morgan fingerprint density at radius 1 is 1.25 bits per heavy atom. The van der Waals surface area contributed by atoms with Gasteiger partial charge in [0.2, 0.25) is 0 Å². The molecule has 2 aliphatic heterocycles. The van der Waals surface area contributed by atoms with Crippen molar-refractivity contribution in [3.05, 3.63) is 22.4 Å². The van der Waals surface area contributed by atoms with E-state index >= 15 is 0 Å². The van der Waals surface area contributed by atoms with Crippen LogP contribution in [0.1, 0.15) is 4.88 Å². The molecule has 1 aromatic rings. The molecule has 16 heavy (non-hydrogen) atoms. The second kappa shape index (κ2) is 4.84. The Hall–Kier alpha value is -0.420. The molecule has 3 rings (SSSR count). The minimum absolute atomic E-state index is 0.823. The Bertz CT molecular complexity index is 313. The van der Waals surface area contributed by atoms with E-state index in [-0.39, 0.29) is 0 Å². The van der Waals surface area contributed by atoms with E-state index < -0.39 is 0 Å².